The summed E-state index contributed by atoms with van der Waals surface area (Å²) < 4.78 is 0. The molecule has 0 saturated carbocycles. The summed E-state index contributed by atoms with van der Waals surface area (Å²) in [4.78, 5) is 12.0. The maximum absolute atomic E-state index is 12.0. The number of rotatable bonds is 5. The van der Waals surface area contributed by atoms with Gasteiger partial charge in [0, 0.05) is 11.9 Å². The molecule has 1 amide bonds. The molecule has 17 heavy (non-hydrogen) atoms. The van der Waals surface area contributed by atoms with E-state index >= 15 is 0 Å². The number of halogens is 1. The number of aromatic nitrogens is 2. The molecule has 0 saturated heterocycles. The highest BCUT2D eigenvalue weighted by Crippen LogP contribution is 2.07. The molecule has 0 aliphatic rings. The quantitative estimate of drug-likeness (QED) is 0.821. The van der Waals surface area contributed by atoms with Gasteiger partial charge in [-0.3, -0.25) is 4.79 Å². The first-order valence-electron chi connectivity index (χ1n) is 5.76. The lowest BCUT2D eigenvalue weighted by Crippen LogP contribution is -2.35. The van der Waals surface area contributed by atoms with Gasteiger partial charge in [0.25, 0.3) is 5.91 Å². The molecule has 1 unspecified atom stereocenters. The number of alkyl halides is 1. The fourth-order valence-corrected chi connectivity index (χ4v) is 1.82. The summed E-state index contributed by atoms with van der Waals surface area (Å²) >= 11 is 5.69. The lowest BCUT2D eigenvalue weighted by Gasteiger charge is -2.16. The van der Waals surface area contributed by atoms with Crippen molar-refractivity contribution in [1.29, 1.82) is 0 Å². The largest absolute Gasteiger partial charge is 0.349 e. The molecule has 5 heteroatoms. The SMILES string of the molecule is CCC(CCCl)NC(=O)c1cc(C)nnc1C. The zero-order valence-corrected chi connectivity index (χ0v) is 11.2. The summed E-state index contributed by atoms with van der Waals surface area (Å²) in [6.45, 7) is 5.63. The molecule has 4 nitrogen and oxygen atoms in total. The third kappa shape index (κ3) is 3.97. The van der Waals surface area contributed by atoms with E-state index in [0.29, 0.717) is 17.1 Å². The number of amides is 1. The molecule has 0 aliphatic heterocycles. The van der Waals surface area contributed by atoms with Crippen LogP contribution in [-0.4, -0.2) is 28.0 Å². The number of carbonyl (C=O) groups is 1. The van der Waals surface area contributed by atoms with Gasteiger partial charge in [-0.1, -0.05) is 6.92 Å². The molecule has 94 valence electrons. The van der Waals surface area contributed by atoms with Crippen LogP contribution in [0.5, 0.6) is 0 Å². The van der Waals surface area contributed by atoms with E-state index in [1.807, 2.05) is 13.8 Å². The molecule has 0 fully saturated rings. The lowest BCUT2D eigenvalue weighted by molar-refractivity contribution is 0.0933. The van der Waals surface area contributed by atoms with E-state index in [9.17, 15) is 4.79 Å². The van der Waals surface area contributed by atoms with Crippen molar-refractivity contribution in [2.24, 2.45) is 0 Å². The Morgan fingerprint density at radius 3 is 2.76 bits per heavy atom. The van der Waals surface area contributed by atoms with Crippen LogP contribution in [0.3, 0.4) is 0 Å². The van der Waals surface area contributed by atoms with E-state index in [-0.39, 0.29) is 11.9 Å². The first-order chi connectivity index (χ1) is 8.08. The Morgan fingerprint density at radius 1 is 1.47 bits per heavy atom. The molecule has 1 heterocycles. The summed E-state index contributed by atoms with van der Waals surface area (Å²) in [5.41, 5.74) is 1.98. The molecule has 0 radical (unpaired) electrons. The van der Waals surface area contributed by atoms with Gasteiger partial charge in [-0.15, -0.1) is 11.6 Å². The van der Waals surface area contributed by atoms with Crippen LogP contribution in [0.2, 0.25) is 0 Å². The second-order valence-electron chi connectivity index (χ2n) is 4.04. The minimum absolute atomic E-state index is 0.0996. The Kier molecular flexibility index (Phi) is 5.35. The van der Waals surface area contributed by atoms with E-state index in [2.05, 4.69) is 15.5 Å². The van der Waals surface area contributed by atoms with Crippen molar-refractivity contribution in [2.45, 2.75) is 39.7 Å². The number of nitrogens with zero attached hydrogens (tertiary/aromatic N) is 2. The number of nitrogens with one attached hydrogen (secondary N) is 1. The highest BCUT2D eigenvalue weighted by molar-refractivity contribution is 6.17. The van der Waals surface area contributed by atoms with Crippen LogP contribution < -0.4 is 5.32 Å². The molecule has 1 rings (SSSR count). The van der Waals surface area contributed by atoms with Crippen molar-refractivity contribution in [3.63, 3.8) is 0 Å². The van der Waals surface area contributed by atoms with Crippen molar-refractivity contribution in [1.82, 2.24) is 15.5 Å². The van der Waals surface area contributed by atoms with E-state index in [0.717, 1.165) is 18.5 Å². The zero-order chi connectivity index (χ0) is 12.8. The average molecular weight is 256 g/mol. The topological polar surface area (TPSA) is 54.9 Å². The van der Waals surface area contributed by atoms with E-state index in [1.165, 1.54) is 0 Å². The smallest absolute Gasteiger partial charge is 0.253 e. The second-order valence-corrected chi connectivity index (χ2v) is 4.42. The normalized spacial score (nSPS) is 12.2. The fraction of sp³-hybridized carbons (Fsp3) is 0.583. The highest BCUT2D eigenvalue weighted by atomic mass is 35.5. The van der Waals surface area contributed by atoms with Gasteiger partial charge in [0.2, 0.25) is 0 Å². The summed E-state index contributed by atoms with van der Waals surface area (Å²) in [5, 5.41) is 10.8. The highest BCUT2D eigenvalue weighted by Gasteiger charge is 2.14. The number of carbonyl (C=O) groups excluding carboxylic acids is 1. The number of hydrogen-bond donors (Lipinski definition) is 1. The third-order valence-corrected chi connectivity index (χ3v) is 2.85. The summed E-state index contributed by atoms with van der Waals surface area (Å²) in [6.07, 6.45) is 1.65. The molecule has 1 aromatic heterocycles. The van der Waals surface area contributed by atoms with Crippen molar-refractivity contribution in [3.05, 3.63) is 23.0 Å². The van der Waals surface area contributed by atoms with Gasteiger partial charge in [0.1, 0.15) is 0 Å². The second kappa shape index (κ2) is 6.55. The first kappa shape index (κ1) is 13.9. The van der Waals surface area contributed by atoms with Gasteiger partial charge in [0.15, 0.2) is 0 Å². The Balaban J connectivity index is 2.78. The first-order valence-corrected chi connectivity index (χ1v) is 6.29. The van der Waals surface area contributed by atoms with Gasteiger partial charge in [-0.05, 0) is 32.8 Å². The van der Waals surface area contributed by atoms with E-state index in [1.54, 1.807) is 13.0 Å². The molecule has 1 N–H and O–H groups in total. The summed E-state index contributed by atoms with van der Waals surface area (Å²) in [6, 6.07) is 1.87. The Hall–Kier alpha value is -1.16. The maximum Gasteiger partial charge on any atom is 0.253 e. The van der Waals surface area contributed by atoms with Gasteiger partial charge >= 0.3 is 0 Å². The maximum atomic E-state index is 12.0. The minimum Gasteiger partial charge on any atom is -0.349 e. The molecule has 1 aromatic rings. The molecule has 0 bridgehead atoms. The summed E-state index contributed by atoms with van der Waals surface area (Å²) in [5.74, 6) is 0.447. The average Bonchev–Trinajstić information content (AvgIpc) is 2.31. The van der Waals surface area contributed by atoms with Crippen molar-refractivity contribution in [3.8, 4) is 0 Å². The fourth-order valence-electron chi connectivity index (χ4n) is 1.55. The van der Waals surface area contributed by atoms with Crippen LogP contribution in [0, 0.1) is 13.8 Å². The van der Waals surface area contributed by atoms with Gasteiger partial charge in [-0.2, -0.15) is 10.2 Å². The van der Waals surface area contributed by atoms with Crippen LogP contribution in [0.4, 0.5) is 0 Å². The molecule has 0 aliphatic carbocycles. The molecular weight excluding hydrogens is 238 g/mol. The zero-order valence-electron chi connectivity index (χ0n) is 10.5. The minimum atomic E-state index is -0.0996. The molecular formula is C12H18ClN3O. The molecule has 1 atom stereocenters. The van der Waals surface area contributed by atoms with Crippen LogP contribution in [-0.2, 0) is 0 Å². The lowest BCUT2D eigenvalue weighted by atomic mass is 10.1. The predicted molar refractivity (Wildman–Crippen MR) is 68.4 cm³/mol. The Labute approximate surface area is 107 Å². The van der Waals surface area contributed by atoms with Crippen LogP contribution in [0.1, 0.15) is 41.5 Å². The third-order valence-electron chi connectivity index (χ3n) is 2.63. The van der Waals surface area contributed by atoms with Crippen molar-refractivity contribution < 1.29 is 4.79 Å². The van der Waals surface area contributed by atoms with Gasteiger partial charge < -0.3 is 5.32 Å². The van der Waals surface area contributed by atoms with Crippen molar-refractivity contribution in [2.75, 3.05) is 5.88 Å². The van der Waals surface area contributed by atoms with E-state index in [4.69, 9.17) is 11.6 Å². The van der Waals surface area contributed by atoms with Gasteiger partial charge in [-0.25, -0.2) is 0 Å². The number of hydrogen-bond acceptors (Lipinski definition) is 3. The molecule has 0 spiro atoms. The monoisotopic (exact) mass is 255 g/mol. The number of aryl methyl sites for hydroxylation is 2. The Morgan fingerprint density at radius 2 is 2.18 bits per heavy atom. The Bertz CT molecular complexity index is 395. The molecule has 0 aromatic carbocycles. The van der Waals surface area contributed by atoms with Gasteiger partial charge in [0.05, 0.1) is 17.0 Å². The van der Waals surface area contributed by atoms with E-state index < -0.39 is 0 Å². The van der Waals surface area contributed by atoms with Crippen LogP contribution >= 0.6 is 11.6 Å². The van der Waals surface area contributed by atoms with Crippen molar-refractivity contribution >= 4 is 17.5 Å². The van der Waals surface area contributed by atoms with Crippen LogP contribution in [0.15, 0.2) is 6.07 Å². The standard InChI is InChI=1S/C12H18ClN3O/c1-4-10(5-6-13)14-12(17)11-7-8(2)15-16-9(11)3/h7,10H,4-6H2,1-3H3,(H,14,17). The predicted octanol–water partition coefficient (Wildman–Crippen LogP) is 2.23. The summed E-state index contributed by atoms with van der Waals surface area (Å²) in [7, 11) is 0. The van der Waals surface area contributed by atoms with Crippen LogP contribution in [0.25, 0.3) is 0 Å².